The number of thiophene rings is 1. The lowest BCUT2D eigenvalue weighted by atomic mass is 9.96. The summed E-state index contributed by atoms with van der Waals surface area (Å²) in [5.74, 6) is 0. The van der Waals surface area contributed by atoms with Gasteiger partial charge in [0, 0.05) is 6.20 Å². The lowest BCUT2D eigenvalue weighted by molar-refractivity contribution is 0.330. The predicted molar refractivity (Wildman–Crippen MR) is 76.8 cm³/mol. The summed E-state index contributed by atoms with van der Waals surface area (Å²) in [5, 5.41) is 6.84. The Labute approximate surface area is 112 Å². The van der Waals surface area contributed by atoms with Crippen LogP contribution in [0.25, 0.3) is 10.6 Å². The first kappa shape index (κ1) is 11.8. The van der Waals surface area contributed by atoms with E-state index in [0.717, 1.165) is 11.4 Å². The molecule has 0 amide bonds. The zero-order chi connectivity index (χ0) is 12.5. The molecule has 2 aromatic rings. The van der Waals surface area contributed by atoms with Gasteiger partial charge in [-0.15, -0.1) is 11.3 Å². The molecular weight excluding hydrogens is 242 g/mol. The summed E-state index contributed by atoms with van der Waals surface area (Å²) in [6.07, 6.45) is 8.50. The molecule has 0 saturated heterocycles. The van der Waals surface area contributed by atoms with Gasteiger partial charge in [-0.05, 0) is 36.8 Å². The van der Waals surface area contributed by atoms with Crippen LogP contribution in [0.4, 0.5) is 5.69 Å². The summed E-state index contributed by atoms with van der Waals surface area (Å²) in [5.41, 5.74) is 9.17. The first-order valence-corrected chi connectivity index (χ1v) is 7.53. The van der Waals surface area contributed by atoms with Crippen LogP contribution in [0.3, 0.4) is 0 Å². The molecule has 18 heavy (non-hydrogen) atoms. The summed E-state index contributed by atoms with van der Waals surface area (Å²) < 4.78 is 2.10. The van der Waals surface area contributed by atoms with E-state index in [4.69, 9.17) is 10.8 Å². The maximum Gasteiger partial charge on any atom is 0.125 e. The van der Waals surface area contributed by atoms with Gasteiger partial charge in [-0.3, -0.25) is 4.68 Å². The van der Waals surface area contributed by atoms with Gasteiger partial charge in [0.25, 0.3) is 0 Å². The van der Waals surface area contributed by atoms with Crippen molar-refractivity contribution in [3.63, 3.8) is 0 Å². The molecule has 0 aromatic carbocycles. The fourth-order valence-electron chi connectivity index (χ4n) is 2.73. The second-order valence-electron chi connectivity index (χ2n) is 5.14. The van der Waals surface area contributed by atoms with Crippen molar-refractivity contribution in [2.45, 2.75) is 45.1 Å². The molecule has 0 aliphatic heterocycles. The van der Waals surface area contributed by atoms with Crippen molar-refractivity contribution in [2.24, 2.45) is 0 Å². The minimum Gasteiger partial charge on any atom is -0.396 e. The minimum atomic E-state index is 0.551. The largest absolute Gasteiger partial charge is 0.396 e. The highest BCUT2D eigenvalue weighted by atomic mass is 32.1. The summed E-state index contributed by atoms with van der Waals surface area (Å²) in [7, 11) is 0. The molecule has 0 atom stereocenters. The van der Waals surface area contributed by atoms with Crippen molar-refractivity contribution in [1.29, 1.82) is 0 Å². The van der Waals surface area contributed by atoms with E-state index >= 15 is 0 Å². The topological polar surface area (TPSA) is 43.8 Å². The van der Waals surface area contributed by atoms with Crippen molar-refractivity contribution < 1.29 is 0 Å². The third kappa shape index (κ3) is 2.05. The van der Waals surface area contributed by atoms with Gasteiger partial charge in [0.05, 0.1) is 16.6 Å². The number of nitrogens with zero attached hydrogens (tertiary/aromatic N) is 2. The van der Waals surface area contributed by atoms with Crippen LogP contribution in [-0.4, -0.2) is 9.78 Å². The number of hydrogen-bond acceptors (Lipinski definition) is 3. The van der Waals surface area contributed by atoms with Gasteiger partial charge in [0.2, 0.25) is 0 Å². The average molecular weight is 261 g/mol. The van der Waals surface area contributed by atoms with Gasteiger partial charge in [-0.2, -0.15) is 5.10 Å². The number of nitrogens with two attached hydrogens (primary N) is 1. The maximum absolute atomic E-state index is 6.13. The summed E-state index contributed by atoms with van der Waals surface area (Å²) >= 11 is 1.72. The standard InChI is InChI=1S/C14H19N3S/c1-10-7-8-18-14(10)13-12(15)9-17(16-13)11-5-3-2-4-6-11/h7-9,11H,2-6,15H2,1H3. The van der Waals surface area contributed by atoms with Gasteiger partial charge in [0.1, 0.15) is 5.69 Å². The molecule has 4 heteroatoms. The molecule has 1 aliphatic rings. The quantitative estimate of drug-likeness (QED) is 0.887. The molecule has 0 spiro atoms. The Bertz CT molecular complexity index is 535. The molecule has 3 nitrogen and oxygen atoms in total. The maximum atomic E-state index is 6.13. The molecule has 0 bridgehead atoms. The van der Waals surface area contributed by atoms with Gasteiger partial charge in [0.15, 0.2) is 0 Å². The van der Waals surface area contributed by atoms with E-state index in [1.165, 1.54) is 42.5 Å². The van der Waals surface area contributed by atoms with E-state index in [1.54, 1.807) is 11.3 Å². The molecule has 3 rings (SSSR count). The molecule has 2 aromatic heterocycles. The molecule has 2 N–H and O–H groups in total. The van der Waals surface area contributed by atoms with Crippen LogP contribution in [0.15, 0.2) is 17.6 Å². The fraction of sp³-hybridized carbons (Fsp3) is 0.500. The normalized spacial score (nSPS) is 17.2. The third-order valence-corrected chi connectivity index (χ3v) is 4.81. The minimum absolute atomic E-state index is 0.551. The molecule has 96 valence electrons. The zero-order valence-electron chi connectivity index (χ0n) is 10.7. The molecular formula is C14H19N3S. The SMILES string of the molecule is Cc1ccsc1-c1nn(C2CCCCC2)cc1N. The van der Waals surface area contributed by atoms with Crippen molar-refractivity contribution in [3.05, 3.63) is 23.2 Å². The van der Waals surface area contributed by atoms with Gasteiger partial charge >= 0.3 is 0 Å². The number of rotatable bonds is 2. The van der Waals surface area contributed by atoms with Crippen molar-refractivity contribution in [2.75, 3.05) is 5.73 Å². The van der Waals surface area contributed by atoms with Crippen LogP contribution >= 0.6 is 11.3 Å². The number of nitrogen functional groups attached to an aromatic ring is 1. The van der Waals surface area contributed by atoms with Crippen molar-refractivity contribution in [1.82, 2.24) is 9.78 Å². The van der Waals surface area contributed by atoms with Crippen LogP contribution in [0, 0.1) is 6.92 Å². The monoisotopic (exact) mass is 261 g/mol. The second-order valence-corrected chi connectivity index (χ2v) is 6.05. The zero-order valence-corrected chi connectivity index (χ0v) is 11.5. The number of aryl methyl sites for hydroxylation is 1. The average Bonchev–Trinajstić information content (AvgIpc) is 2.96. The Morgan fingerprint density at radius 1 is 1.33 bits per heavy atom. The smallest absolute Gasteiger partial charge is 0.125 e. The molecule has 1 fully saturated rings. The Kier molecular flexibility index (Phi) is 3.12. The van der Waals surface area contributed by atoms with E-state index in [0.29, 0.717) is 6.04 Å². The Morgan fingerprint density at radius 2 is 2.11 bits per heavy atom. The van der Waals surface area contributed by atoms with Gasteiger partial charge < -0.3 is 5.73 Å². The molecule has 0 unspecified atom stereocenters. The van der Waals surface area contributed by atoms with Crippen LogP contribution in [-0.2, 0) is 0 Å². The van der Waals surface area contributed by atoms with Crippen LogP contribution in [0.2, 0.25) is 0 Å². The van der Waals surface area contributed by atoms with E-state index in [2.05, 4.69) is 23.1 Å². The highest BCUT2D eigenvalue weighted by molar-refractivity contribution is 7.13. The fourth-order valence-corrected chi connectivity index (χ4v) is 3.66. The van der Waals surface area contributed by atoms with Crippen LogP contribution < -0.4 is 5.73 Å². The molecule has 2 heterocycles. The number of anilines is 1. The molecule has 1 saturated carbocycles. The van der Waals surface area contributed by atoms with E-state index in [9.17, 15) is 0 Å². The first-order chi connectivity index (χ1) is 8.75. The van der Waals surface area contributed by atoms with Crippen molar-refractivity contribution >= 4 is 17.0 Å². The Hall–Kier alpha value is -1.29. The molecule has 1 aliphatic carbocycles. The summed E-state index contributed by atoms with van der Waals surface area (Å²) in [6, 6.07) is 2.68. The van der Waals surface area contributed by atoms with Gasteiger partial charge in [-0.25, -0.2) is 0 Å². The highest BCUT2D eigenvalue weighted by Crippen LogP contribution is 2.34. The number of hydrogen-bond donors (Lipinski definition) is 1. The third-order valence-electron chi connectivity index (χ3n) is 3.79. The van der Waals surface area contributed by atoms with Gasteiger partial charge in [-0.1, -0.05) is 19.3 Å². The Balaban J connectivity index is 1.93. The lowest BCUT2D eigenvalue weighted by Crippen LogP contribution is -2.13. The van der Waals surface area contributed by atoms with Crippen molar-refractivity contribution in [3.8, 4) is 10.6 Å². The summed E-state index contributed by atoms with van der Waals surface area (Å²) in [6.45, 7) is 2.12. The second kappa shape index (κ2) is 4.76. The van der Waals surface area contributed by atoms with E-state index in [1.807, 2.05) is 6.20 Å². The first-order valence-electron chi connectivity index (χ1n) is 6.65. The highest BCUT2D eigenvalue weighted by Gasteiger charge is 2.19. The Morgan fingerprint density at radius 3 is 2.78 bits per heavy atom. The molecule has 0 radical (unpaired) electrons. The van der Waals surface area contributed by atoms with Crippen LogP contribution in [0.1, 0.15) is 43.7 Å². The number of aromatic nitrogens is 2. The lowest BCUT2D eigenvalue weighted by Gasteiger charge is -2.21. The van der Waals surface area contributed by atoms with E-state index < -0.39 is 0 Å². The summed E-state index contributed by atoms with van der Waals surface area (Å²) in [4.78, 5) is 1.21. The predicted octanol–water partition coefficient (Wildman–Crippen LogP) is 4.01. The van der Waals surface area contributed by atoms with E-state index in [-0.39, 0.29) is 0 Å². The van der Waals surface area contributed by atoms with Crippen LogP contribution in [0.5, 0.6) is 0 Å².